The van der Waals surface area contributed by atoms with E-state index in [0.717, 1.165) is 6.42 Å². The van der Waals surface area contributed by atoms with Crippen LogP contribution in [-0.2, 0) is 9.59 Å². The maximum Gasteiger partial charge on any atom is 0.475 e. The summed E-state index contributed by atoms with van der Waals surface area (Å²) in [5, 5.41) is 18.5. The summed E-state index contributed by atoms with van der Waals surface area (Å²) in [5.74, 6) is -0.900. The minimum absolute atomic E-state index is 0.0284. The lowest BCUT2D eigenvalue weighted by atomic mass is 9.78. The number of carbonyl (C=O) groups excluding carboxylic acids is 2. The molecule has 0 saturated carbocycles. The summed E-state index contributed by atoms with van der Waals surface area (Å²) in [5.41, 5.74) is -0.532. The van der Waals surface area contributed by atoms with Crippen LogP contribution in [0.2, 0.25) is 0 Å². The summed E-state index contributed by atoms with van der Waals surface area (Å²) in [6, 6.07) is 0. The van der Waals surface area contributed by atoms with Crippen LogP contribution < -0.4 is 0 Å². The van der Waals surface area contributed by atoms with E-state index in [1.165, 1.54) is 9.80 Å². The molecule has 2 N–H and O–H groups in total. The second-order valence-electron chi connectivity index (χ2n) is 6.12. The number of carbonyl (C=O) groups is 2. The lowest BCUT2D eigenvalue weighted by molar-refractivity contribution is -0.144. The Kier molecular flexibility index (Phi) is 4.98. The first-order chi connectivity index (χ1) is 8.64. The van der Waals surface area contributed by atoms with Gasteiger partial charge in [0.1, 0.15) is 0 Å². The van der Waals surface area contributed by atoms with Crippen molar-refractivity contribution in [3.8, 4) is 0 Å². The molecule has 1 fully saturated rings. The van der Waals surface area contributed by atoms with Crippen LogP contribution in [0.5, 0.6) is 0 Å². The Hall–Kier alpha value is -1.08. The molecular weight excluding hydrogens is 247 g/mol. The molecule has 0 aromatic heterocycles. The smallest absolute Gasteiger partial charge is 0.426 e. The van der Waals surface area contributed by atoms with Crippen molar-refractivity contribution in [2.24, 2.45) is 5.41 Å². The molecular formula is C12H23BN2O4. The third kappa shape index (κ3) is 3.94. The summed E-state index contributed by atoms with van der Waals surface area (Å²) in [4.78, 5) is 26.9. The number of nitrogens with zero attached hydrogens (tertiary/aromatic N) is 2. The van der Waals surface area contributed by atoms with Crippen molar-refractivity contribution >= 4 is 18.9 Å². The summed E-state index contributed by atoms with van der Waals surface area (Å²) in [7, 11) is 0.0708. The Morgan fingerprint density at radius 3 is 2.42 bits per heavy atom. The van der Waals surface area contributed by atoms with Gasteiger partial charge in [-0.1, -0.05) is 20.8 Å². The average molecular weight is 270 g/mol. The normalized spacial score (nSPS) is 19.5. The fraction of sp³-hybridized carbons (Fsp3) is 0.833. The van der Waals surface area contributed by atoms with Crippen molar-refractivity contribution in [1.82, 2.24) is 9.80 Å². The van der Waals surface area contributed by atoms with Gasteiger partial charge in [0.05, 0.1) is 12.5 Å². The second kappa shape index (κ2) is 5.92. The zero-order valence-corrected chi connectivity index (χ0v) is 12.1. The van der Waals surface area contributed by atoms with Crippen LogP contribution in [-0.4, -0.2) is 64.9 Å². The number of amides is 2. The van der Waals surface area contributed by atoms with Crippen LogP contribution >= 0.6 is 0 Å². The van der Waals surface area contributed by atoms with E-state index >= 15 is 0 Å². The molecule has 19 heavy (non-hydrogen) atoms. The zero-order chi connectivity index (χ0) is 14.8. The lowest BCUT2D eigenvalue weighted by Crippen LogP contribution is -2.50. The third-order valence-corrected chi connectivity index (χ3v) is 3.32. The van der Waals surface area contributed by atoms with E-state index < -0.39 is 18.5 Å². The van der Waals surface area contributed by atoms with Crippen molar-refractivity contribution in [3.63, 3.8) is 0 Å². The van der Waals surface area contributed by atoms with Gasteiger partial charge >= 0.3 is 7.12 Å². The topological polar surface area (TPSA) is 81.1 Å². The van der Waals surface area contributed by atoms with Crippen LogP contribution in [0.15, 0.2) is 0 Å². The van der Waals surface area contributed by atoms with Gasteiger partial charge in [0.2, 0.25) is 11.8 Å². The van der Waals surface area contributed by atoms with Crippen LogP contribution in [0.4, 0.5) is 0 Å². The Morgan fingerprint density at radius 1 is 1.37 bits per heavy atom. The molecule has 108 valence electrons. The molecule has 1 heterocycles. The highest BCUT2D eigenvalue weighted by molar-refractivity contribution is 6.43. The molecule has 0 aromatic rings. The van der Waals surface area contributed by atoms with Crippen molar-refractivity contribution in [1.29, 1.82) is 0 Å². The molecule has 1 aliphatic heterocycles. The minimum atomic E-state index is -1.52. The SMILES string of the molecule is CN(CC(=O)N1CCCC1B(O)O)C(=O)C(C)(C)C. The van der Waals surface area contributed by atoms with Crippen molar-refractivity contribution in [2.75, 3.05) is 20.1 Å². The Bertz CT molecular complexity index is 354. The summed E-state index contributed by atoms with van der Waals surface area (Å²) < 4.78 is 0. The molecule has 0 aliphatic carbocycles. The van der Waals surface area contributed by atoms with Gasteiger partial charge in [-0.15, -0.1) is 0 Å². The molecule has 1 aliphatic rings. The zero-order valence-electron chi connectivity index (χ0n) is 12.1. The van der Waals surface area contributed by atoms with Gasteiger partial charge in [0.25, 0.3) is 0 Å². The standard InChI is InChI=1S/C12H23BN2O4/c1-12(2,3)11(17)14(4)8-10(16)15-7-5-6-9(15)13(18)19/h9,18-19H,5-8H2,1-4H3. The van der Waals surface area contributed by atoms with Gasteiger partial charge in [-0.3, -0.25) is 9.59 Å². The maximum atomic E-state index is 12.1. The largest absolute Gasteiger partial charge is 0.475 e. The van der Waals surface area contributed by atoms with Crippen molar-refractivity contribution in [2.45, 2.75) is 39.6 Å². The molecule has 7 heteroatoms. The fourth-order valence-corrected chi connectivity index (χ4v) is 2.35. The van der Waals surface area contributed by atoms with Gasteiger partial charge in [-0.2, -0.15) is 0 Å². The van der Waals surface area contributed by atoms with Crippen LogP contribution in [0, 0.1) is 5.41 Å². The number of hydrogen-bond donors (Lipinski definition) is 2. The molecule has 1 rings (SSSR count). The second-order valence-corrected chi connectivity index (χ2v) is 6.12. The van der Waals surface area contributed by atoms with E-state index in [1.54, 1.807) is 27.8 Å². The van der Waals surface area contributed by atoms with Crippen LogP contribution in [0.25, 0.3) is 0 Å². The molecule has 0 bridgehead atoms. The summed E-state index contributed by atoms with van der Waals surface area (Å²) in [6.45, 7) is 5.88. The minimum Gasteiger partial charge on any atom is -0.426 e. The molecule has 0 spiro atoms. The first-order valence-corrected chi connectivity index (χ1v) is 6.55. The molecule has 6 nitrogen and oxygen atoms in total. The van der Waals surface area contributed by atoms with Gasteiger partial charge < -0.3 is 19.8 Å². The number of rotatable bonds is 3. The van der Waals surface area contributed by atoms with Crippen LogP contribution in [0.1, 0.15) is 33.6 Å². The molecule has 0 aromatic carbocycles. The fourth-order valence-electron chi connectivity index (χ4n) is 2.35. The molecule has 1 atom stereocenters. The van der Waals surface area contributed by atoms with E-state index in [9.17, 15) is 19.6 Å². The van der Waals surface area contributed by atoms with E-state index in [0.29, 0.717) is 13.0 Å². The molecule has 0 radical (unpaired) electrons. The highest BCUT2D eigenvalue weighted by atomic mass is 16.4. The van der Waals surface area contributed by atoms with Gasteiger partial charge in [-0.25, -0.2) is 0 Å². The van der Waals surface area contributed by atoms with E-state index in [-0.39, 0.29) is 18.4 Å². The Labute approximate surface area is 114 Å². The summed E-state index contributed by atoms with van der Waals surface area (Å²) in [6.07, 6.45) is 1.34. The Morgan fingerprint density at radius 2 is 1.95 bits per heavy atom. The first kappa shape index (κ1) is 16.0. The van der Waals surface area contributed by atoms with Crippen molar-refractivity contribution < 1.29 is 19.6 Å². The Balaban J connectivity index is 2.62. The van der Waals surface area contributed by atoms with E-state index in [4.69, 9.17) is 0 Å². The van der Waals surface area contributed by atoms with Gasteiger partial charge in [0, 0.05) is 19.0 Å². The highest BCUT2D eigenvalue weighted by Crippen LogP contribution is 2.20. The number of likely N-dealkylation sites (tertiary alicyclic amines) is 1. The van der Waals surface area contributed by atoms with E-state index in [2.05, 4.69) is 0 Å². The van der Waals surface area contributed by atoms with E-state index in [1.807, 2.05) is 0 Å². The highest BCUT2D eigenvalue weighted by Gasteiger charge is 2.37. The molecule has 1 unspecified atom stereocenters. The summed E-state index contributed by atoms with van der Waals surface area (Å²) >= 11 is 0. The quantitative estimate of drug-likeness (QED) is 0.677. The average Bonchev–Trinajstić information content (AvgIpc) is 2.75. The molecule has 1 saturated heterocycles. The lowest BCUT2D eigenvalue weighted by Gasteiger charge is -2.29. The third-order valence-electron chi connectivity index (χ3n) is 3.32. The predicted octanol–water partition coefficient (Wildman–Crippen LogP) is -0.506. The van der Waals surface area contributed by atoms with Crippen LogP contribution in [0.3, 0.4) is 0 Å². The monoisotopic (exact) mass is 270 g/mol. The molecule has 2 amide bonds. The number of likely N-dealkylation sites (N-methyl/N-ethyl adjacent to an activating group) is 1. The first-order valence-electron chi connectivity index (χ1n) is 6.55. The number of hydrogen-bond acceptors (Lipinski definition) is 4. The van der Waals surface area contributed by atoms with Crippen molar-refractivity contribution in [3.05, 3.63) is 0 Å². The predicted molar refractivity (Wildman–Crippen MR) is 72.0 cm³/mol. The maximum absolute atomic E-state index is 12.1. The van der Waals surface area contributed by atoms with Gasteiger partial charge in [-0.05, 0) is 12.8 Å². The van der Waals surface area contributed by atoms with Gasteiger partial charge in [0.15, 0.2) is 0 Å².